The van der Waals surface area contributed by atoms with Crippen molar-refractivity contribution in [1.29, 1.82) is 0 Å². The second-order valence-corrected chi connectivity index (χ2v) is 5.07. The summed E-state index contributed by atoms with van der Waals surface area (Å²) in [4.78, 5) is 0. The Labute approximate surface area is 80.6 Å². The third-order valence-corrected chi connectivity index (χ3v) is 4.17. The Bertz CT molecular complexity index is 215. The molecule has 1 heteroatoms. The first-order valence-electron chi connectivity index (χ1n) is 5.83. The maximum absolute atomic E-state index is 3.62. The third-order valence-electron chi connectivity index (χ3n) is 4.17. The minimum atomic E-state index is 0.859. The van der Waals surface area contributed by atoms with Crippen molar-refractivity contribution in [3.05, 3.63) is 12.2 Å². The van der Waals surface area contributed by atoms with Gasteiger partial charge in [0.15, 0.2) is 0 Å². The highest BCUT2D eigenvalue weighted by Gasteiger charge is 2.36. The molecule has 3 rings (SSSR count). The predicted octanol–water partition coefficient (Wildman–Crippen LogP) is 2.34. The molecule has 13 heavy (non-hydrogen) atoms. The second kappa shape index (κ2) is 3.13. The molecule has 2 bridgehead atoms. The van der Waals surface area contributed by atoms with Crippen LogP contribution < -0.4 is 5.32 Å². The number of allylic oxidation sites excluding steroid dienone is 2. The van der Waals surface area contributed by atoms with E-state index in [0.717, 1.165) is 23.8 Å². The van der Waals surface area contributed by atoms with Crippen LogP contribution in [-0.4, -0.2) is 12.6 Å². The molecule has 1 saturated heterocycles. The number of hydrogen-bond donors (Lipinski definition) is 1. The summed E-state index contributed by atoms with van der Waals surface area (Å²) < 4.78 is 0. The summed E-state index contributed by atoms with van der Waals surface area (Å²) >= 11 is 0. The minimum Gasteiger partial charge on any atom is -0.314 e. The van der Waals surface area contributed by atoms with Crippen molar-refractivity contribution in [2.45, 2.75) is 38.1 Å². The van der Waals surface area contributed by atoms with Gasteiger partial charge in [-0.2, -0.15) is 0 Å². The Kier molecular flexibility index (Phi) is 1.93. The highest BCUT2D eigenvalue weighted by Crippen LogP contribution is 2.45. The quantitative estimate of drug-likeness (QED) is 0.638. The molecule has 4 atom stereocenters. The van der Waals surface area contributed by atoms with Gasteiger partial charge in [0.2, 0.25) is 0 Å². The number of rotatable bonds is 2. The van der Waals surface area contributed by atoms with Crippen LogP contribution in [0.25, 0.3) is 0 Å². The van der Waals surface area contributed by atoms with Crippen LogP contribution in [0.1, 0.15) is 32.1 Å². The summed E-state index contributed by atoms with van der Waals surface area (Å²) in [5, 5.41) is 3.62. The Morgan fingerprint density at radius 2 is 2.23 bits per heavy atom. The van der Waals surface area contributed by atoms with Crippen LogP contribution >= 0.6 is 0 Å². The molecule has 0 aromatic heterocycles. The largest absolute Gasteiger partial charge is 0.314 e. The number of hydrogen-bond acceptors (Lipinski definition) is 1. The lowest BCUT2D eigenvalue weighted by Crippen LogP contribution is -2.25. The van der Waals surface area contributed by atoms with Gasteiger partial charge in [0.05, 0.1) is 0 Å². The van der Waals surface area contributed by atoms with Crippen LogP contribution in [0.2, 0.25) is 0 Å². The van der Waals surface area contributed by atoms with Crippen LogP contribution in [0.5, 0.6) is 0 Å². The van der Waals surface area contributed by atoms with E-state index in [-0.39, 0.29) is 0 Å². The third kappa shape index (κ3) is 1.43. The van der Waals surface area contributed by atoms with Gasteiger partial charge in [0.1, 0.15) is 0 Å². The maximum atomic E-state index is 3.62. The molecule has 1 aliphatic heterocycles. The summed E-state index contributed by atoms with van der Waals surface area (Å²) in [6.07, 6.45) is 12.2. The van der Waals surface area contributed by atoms with Crippen molar-refractivity contribution in [2.75, 3.05) is 6.54 Å². The number of fused-ring (bicyclic) bond motifs is 2. The van der Waals surface area contributed by atoms with Crippen LogP contribution in [0, 0.1) is 17.8 Å². The fraction of sp³-hybridized carbons (Fsp3) is 0.833. The first-order chi connectivity index (χ1) is 6.42. The molecule has 0 amide bonds. The summed E-state index contributed by atoms with van der Waals surface area (Å²) in [5.74, 6) is 2.93. The van der Waals surface area contributed by atoms with E-state index in [2.05, 4.69) is 17.5 Å². The summed E-state index contributed by atoms with van der Waals surface area (Å²) in [5.41, 5.74) is 0. The summed E-state index contributed by atoms with van der Waals surface area (Å²) in [6.45, 7) is 1.27. The maximum Gasteiger partial charge on any atom is 0.00703 e. The van der Waals surface area contributed by atoms with Crippen LogP contribution in [0.4, 0.5) is 0 Å². The first-order valence-corrected chi connectivity index (χ1v) is 5.83. The smallest absolute Gasteiger partial charge is 0.00703 e. The molecule has 1 heterocycles. The van der Waals surface area contributed by atoms with Gasteiger partial charge in [-0.15, -0.1) is 0 Å². The zero-order valence-corrected chi connectivity index (χ0v) is 8.21. The molecule has 3 aliphatic rings. The SMILES string of the molecule is C1=CC2CC1CC2CC1CCCN1. The Morgan fingerprint density at radius 3 is 2.85 bits per heavy atom. The average molecular weight is 177 g/mol. The highest BCUT2D eigenvalue weighted by atomic mass is 14.9. The van der Waals surface area contributed by atoms with Crippen molar-refractivity contribution in [3.8, 4) is 0 Å². The monoisotopic (exact) mass is 177 g/mol. The van der Waals surface area contributed by atoms with E-state index in [9.17, 15) is 0 Å². The number of nitrogens with one attached hydrogen (secondary N) is 1. The molecular formula is C12H19N. The molecule has 4 unspecified atom stereocenters. The normalized spacial score (nSPS) is 47.7. The van der Waals surface area contributed by atoms with E-state index in [1.165, 1.54) is 38.6 Å². The predicted molar refractivity (Wildman–Crippen MR) is 54.5 cm³/mol. The van der Waals surface area contributed by atoms with Crippen molar-refractivity contribution >= 4 is 0 Å². The summed E-state index contributed by atoms with van der Waals surface area (Å²) in [6, 6.07) is 0.859. The van der Waals surface area contributed by atoms with E-state index >= 15 is 0 Å². The lowest BCUT2D eigenvalue weighted by Gasteiger charge is -2.21. The van der Waals surface area contributed by atoms with Gasteiger partial charge >= 0.3 is 0 Å². The minimum absolute atomic E-state index is 0.859. The fourth-order valence-electron chi connectivity index (χ4n) is 3.49. The molecule has 0 radical (unpaired) electrons. The topological polar surface area (TPSA) is 12.0 Å². The van der Waals surface area contributed by atoms with Gasteiger partial charge in [-0.1, -0.05) is 12.2 Å². The van der Waals surface area contributed by atoms with Gasteiger partial charge in [0.25, 0.3) is 0 Å². The molecule has 1 saturated carbocycles. The average Bonchev–Trinajstić information content (AvgIpc) is 2.77. The van der Waals surface area contributed by atoms with Crippen molar-refractivity contribution < 1.29 is 0 Å². The van der Waals surface area contributed by atoms with Crippen LogP contribution in [-0.2, 0) is 0 Å². The van der Waals surface area contributed by atoms with Crippen molar-refractivity contribution in [3.63, 3.8) is 0 Å². The van der Waals surface area contributed by atoms with Crippen LogP contribution in [0.3, 0.4) is 0 Å². The molecule has 2 fully saturated rings. The van der Waals surface area contributed by atoms with Crippen molar-refractivity contribution in [1.82, 2.24) is 5.32 Å². The Hall–Kier alpha value is -0.300. The van der Waals surface area contributed by atoms with E-state index in [1.807, 2.05) is 0 Å². The molecule has 1 N–H and O–H groups in total. The van der Waals surface area contributed by atoms with Crippen LogP contribution in [0.15, 0.2) is 12.2 Å². The zero-order valence-electron chi connectivity index (χ0n) is 8.21. The molecular weight excluding hydrogens is 158 g/mol. The highest BCUT2D eigenvalue weighted by molar-refractivity contribution is 5.10. The van der Waals surface area contributed by atoms with Gasteiger partial charge in [-0.3, -0.25) is 0 Å². The molecule has 0 spiro atoms. The van der Waals surface area contributed by atoms with E-state index < -0.39 is 0 Å². The molecule has 72 valence electrons. The lowest BCUT2D eigenvalue weighted by atomic mass is 9.87. The van der Waals surface area contributed by atoms with E-state index in [4.69, 9.17) is 0 Å². The fourth-order valence-corrected chi connectivity index (χ4v) is 3.49. The van der Waals surface area contributed by atoms with E-state index in [1.54, 1.807) is 0 Å². The van der Waals surface area contributed by atoms with Gasteiger partial charge in [0, 0.05) is 6.04 Å². The standard InChI is InChI=1S/C12H19N/c1-2-12(13-5-1)8-11-7-9-3-4-10(11)6-9/h3-4,9-13H,1-2,5-8H2. The zero-order chi connectivity index (χ0) is 8.67. The summed E-state index contributed by atoms with van der Waals surface area (Å²) in [7, 11) is 0. The Morgan fingerprint density at radius 1 is 1.23 bits per heavy atom. The second-order valence-electron chi connectivity index (χ2n) is 5.07. The molecule has 2 aliphatic carbocycles. The van der Waals surface area contributed by atoms with Gasteiger partial charge in [-0.25, -0.2) is 0 Å². The Balaban J connectivity index is 1.58. The first kappa shape index (κ1) is 8.05. The lowest BCUT2D eigenvalue weighted by molar-refractivity contribution is 0.362. The molecule has 1 nitrogen and oxygen atoms in total. The van der Waals surface area contributed by atoms with E-state index in [0.29, 0.717) is 0 Å². The molecule has 0 aromatic rings. The van der Waals surface area contributed by atoms with Crippen molar-refractivity contribution in [2.24, 2.45) is 17.8 Å². The van der Waals surface area contributed by atoms with Gasteiger partial charge < -0.3 is 5.32 Å². The molecule has 0 aromatic carbocycles. The van der Waals surface area contributed by atoms with Gasteiger partial charge in [-0.05, 0) is 56.4 Å².